The third-order valence-corrected chi connectivity index (χ3v) is 5.33. The summed E-state index contributed by atoms with van der Waals surface area (Å²) < 4.78 is 2.43. The lowest BCUT2D eigenvalue weighted by Crippen LogP contribution is -2.25. The average molecular weight is 305 g/mol. The van der Waals surface area contributed by atoms with Gasteiger partial charge < -0.3 is 4.57 Å². The first-order valence-electron chi connectivity index (χ1n) is 8.64. The van der Waals surface area contributed by atoms with Gasteiger partial charge >= 0.3 is 0 Å². The molecule has 2 heteroatoms. The van der Waals surface area contributed by atoms with Crippen molar-refractivity contribution in [2.75, 3.05) is 0 Å². The van der Waals surface area contributed by atoms with Crippen LogP contribution in [-0.4, -0.2) is 10.4 Å². The molecule has 1 heterocycles. The van der Waals surface area contributed by atoms with Gasteiger partial charge in [-0.3, -0.25) is 4.79 Å². The van der Waals surface area contributed by atoms with Crippen LogP contribution in [0.5, 0.6) is 0 Å². The summed E-state index contributed by atoms with van der Waals surface area (Å²) in [5, 5.41) is 2.62. The fourth-order valence-corrected chi connectivity index (χ4v) is 4.22. The van der Waals surface area contributed by atoms with E-state index in [0.717, 1.165) is 25.8 Å². The summed E-state index contributed by atoms with van der Waals surface area (Å²) in [6.45, 7) is 3.21. The van der Waals surface area contributed by atoms with Crippen LogP contribution in [0.15, 0.2) is 48.5 Å². The average Bonchev–Trinajstić information content (AvgIpc) is 2.75. The number of nitrogens with zero attached hydrogens (tertiary/aromatic N) is 1. The van der Waals surface area contributed by atoms with Crippen LogP contribution in [0.2, 0.25) is 0 Å². The molecule has 2 aromatic carbocycles. The van der Waals surface area contributed by atoms with Gasteiger partial charge in [-0.2, -0.15) is 0 Å². The van der Waals surface area contributed by atoms with Crippen molar-refractivity contribution in [3.63, 3.8) is 0 Å². The molecule has 0 spiro atoms. The Morgan fingerprint density at radius 2 is 1.57 bits per heavy atom. The lowest BCUT2D eigenvalue weighted by molar-refractivity contribution is -0.120. The molecule has 1 aromatic heterocycles. The summed E-state index contributed by atoms with van der Waals surface area (Å²) in [6, 6.07) is 17.3. The third-order valence-electron chi connectivity index (χ3n) is 5.33. The van der Waals surface area contributed by atoms with Gasteiger partial charge in [-0.05, 0) is 30.4 Å². The van der Waals surface area contributed by atoms with Crippen molar-refractivity contribution in [3.8, 4) is 0 Å². The second-order valence-electron chi connectivity index (χ2n) is 7.35. The van der Waals surface area contributed by atoms with Crippen molar-refractivity contribution in [2.24, 2.45) is 5.41 Å². The number of hydrogen-bond donors (Lipinski definition) is 0. The van der Waals surface area contributed by atoms with Crippen molar-refractivity contribution < 1.29 is 4.79 Å². The highest BCUT2D eigenvalue weighted by Crippen LogP contribution is 2.38. The number of aromatic nitrogens is 1. The molecule has 0 radical (unpaired) electrons. The number of ketones is 1. The first-order valence-corrected chi connectivity index (χ1v) is 8.64. The maximum absolute atomic E-state index is 12.1. The zero-order valence-electron chi connectivity index (χ0n) is 13.7. The number of rotatable bonds is 2. The van der Waals surface area contributed by atoms with Gasteiger partial charge in [0.2, 0.25) is 0 Å². The smallest absolute Gasteiger partial charge is 0.133 e. The van der Waals surface area contributed by atoms with Crippen LogP contribution < -0.4 is 0 Å². The van der Waals surface area contributed by atoms with Crippen LogP contribution in [0.3, 0.4) is 0 Å². The second kappa shape index (κ2) is 5.52. The molecule has 4 rings (SSSR count). The van der Waals surface area contributed by atoms with Crippen molar-refractivity contribution in [1.82, 2.24) is 4.57 Å². The quantitative estimate of drug-likeness (QED) is 0.586. The summed E-state index contributed by atoms with van der Waals surface area (Å²) in [5.41, 5.74) is 2.64. The normalized spacial score (nSPS) is 22.6. The lowest BCUT2D eigenvalue weighted by Gasteiger charge is -2.29. The van der Waals surface area contributed by atoms with E-state index in [9.17, 15) is 4.79 Å². The molecule has 0 N–H and O–H groups in total. The molecule has 3 aromatic rings. The first kappa shape index (κ1) is 14.5. The Kier molecular flexibility index (Phi) is 3.48. The Hall–Kier alpha value is -2.09. The molecule has 1 aliphatic rings. The van der Waals surface area contributed by atoms with E-state index in [1.54, 1.807) is 0 Å². The maximum Gasteiger partial charge on any atom is 0.133 e. The zero-order chi connectivity index (χ0) is 15.9. The number of fused-ring (bicyclic) bond motifs is 3. The van der Waals surface area contributed by atoms with Crippen LogP contribution in [0.25, 0.3) is 21.8 Å². The Morgan fingerprint density at radius 3 is 2.22 bits per heavy atom. The summed E-state index contributed by atoms with van der Waals surface area (Å²) in [6.07, 6.45) is 4.84. The maximum atomic E-state index is 12.1. The molecule has 2 nitrogen and oxygen atoms in total. The Morgan fingerprint density at radius 1 is 0.957 bits per heavy atom. The van der Waals surface area contributed by atoms with E-state index in [-0.39, 0.29) is 5.41 Å². The molecule has 0 bridgehead atoms. The molecule has 1 fully saturated rings. The van der Waals surface area contributed by atoms with Crippen LogP contribution >= 0.6 is 0 Å². The monoisotopic (exact) mass is 305 g/mol. The van der Waals surface area contributed by atoms with Crippen LogP contribution in [0.4, 0.5) is 0 Å². The molecule has 0 unspecified atom stereocenters. The minimum atomic E-state index is 0.0676. The molecule has 1 saturated carbocycles. The van der Waals surface area contributed by atoms with Gasteiger partial charge in [-0.25, -0.2) is 0 Å². The summed E-state index contributed by atoms with van der Waals surface area (Å²) in [4.78, 5) is 12.1. The number of benzene rings is 2. The molecule has 23 heavy (non-hydrogen) atoms. The second-order valence-corrected chi connectivity index (χ2v) is 7.35. The molecule has 1 aliphatic carbocycles. The lowest BCUT2D eigenvalue weighted by atomic mass is 9.82. The number of carbonyl (C=O) groups excluding carboxylic acids is 1. The Balaban J connectivity index is 1.85. The number of hydrogen-bond acceptors (Lipinski definition) is 1. The number of carbonyl (C=O) groups is 1. The van der Waals surface area contributed by atoms with Crippen LogP contribution in [0.1, 0.15) is 39.0 Å². The minimum absolute atomic E-state index is 0.0676. The highest BCUT2D eigenvalue weighted by Gasteiger charge is 2.30. The molecule has 0 amide bonds. The largest absolute Gasteiger partial charge is 0.340 e. The van der Waals surface area contributed by atoms with Gasteiger partial charge in [0.05, 0.1) is 0 Å². The van der Waals surface area contributed by atoms with Crippen molar-refractivity contribution in [2.45, 2.75) is 45.6 Å². The van der Waals surface area contributed by atoms with Gasteiger partial charge in [0, 0.05) is 41.2 Å². The van der Waals surface area contributed by atoms with E-state index < -0.39 is 0 Å². The summed E-state index contributed by atoms with van der Waals surface area (Å²) in [7, 11) is 0. The Labute approximate surface area is 137 Å². The van der Waals surface area contributed by atoms with Crippen LogP contribution in [0, 0.1) is 5.41 Å². The van der Waals surface area contributed by atoms with Gasteiger partial charge in [-0.1, -0.05) is 49.7 Å². The van der Waals surface area contributed by atoms with Gasteiger partial charge in [0.1, 0.15) is 5.78 Å². The molecular formula is C21H23NO. The highest BCUT2D eigenvalue weighted by atomic mass is 16.1. The van der Waals surface area contributed by atoms with E-state index >= 15 is 0 Å². The van der Waals surface area contributed by atoms with Crippen molar-refractivity contribution >= 4 is 27.6 Å². The molecule has 118 valence electrons. The highest BCUT2D eigenvalue weighted by molar-refractivity contribution is 6.07. The van der Waals surface area contributed by atoms with E-state index in [0.29, 0.717) is 12.2 Å². The van der Waals surface area contributed by atoms with Gasteiger partial charge in [0.25, 0.3) is 0 Å². The first-order chi connectivity index (χ1) is 11.2. The van der Waals surface area contributed by atoms with Crippen molar-refractivity contribution in [1.29, 1.82) is 0 Å². The van der Waals surface area contributed by atoms with Gasteiger partial charge in [-0.15, -0.1) is 0 Å². The van der Waals surface area contributed by atoms with Crippen molar-refractivity contribution in [3.05, 3.63) is 48.5 Å². The topological polar surface area (TPSA) is 22.0 Å². The third kappa shape index (κ3) is 2.56. The standard InChI is InChI=1S/C21H23NO/c1-21(13-7-6-8-16(23)14-21)15-22-19-11-4-2-9-17(19)18-10-3-5-12-20(18)22/h2-5,9-12H,6-8,13-15H2,1H3/t21-/m0/s1. The predicted molar refractivity (Wildman–Crippen MR) is 95.6 cm³/mol. The predicted octanol–water partition coefficient (Wildman–Crippen LogP) is 5.33. The molecular weight excluding hydrogens is 282 g/mol. The molecule has 0 aliphatic heterocycles. The number of para-hydroxylation sites is 2. The van der Waals surface area contributed by atoms with E-state index in [1.807, 2.05) is 0 Å². The summed E-state index contributed by atoms with van der Waals surface area (Å²) >= 11 is 0. The fraction of sp³-hybridized carbons (Fsp3) is 0.381. The minimum Gasteiger partial charge on any atom is -0.340 e. The van der Waals surface area contributed by atoms with E-state index in [4.69, 9.17) is 0 Å². The zero-order valence-corrected chi connectivity index (χ0v) is 13.7. The van der Waals surface area contributed by atoms with Gasteiger partial charge in [0.15, 0.2) is 0 Å². The Bertz CT molecular complexity index is 823. The molecule has 0 saturated heterocycles. The van der Waals surface area contributed by atoms with E-state index in [2.05, 4.69) is 60.0 Å². The van der Waals surface area contributed by atoms with E-state index in [1.165, 1.54) is 28.2 Å². The summed E-state index contributed by atoms with van der Waals surface area (Å²) in [5.74, 6) is 0.436. The number of Topliss-reactive ketones (excluding diaryl/α,β-unsaturated/α-hetero) is 1. The molecule has 1 atom stereocenters. The van der Waals surface area contributed by atoms with Crippen LogP contribution in [-0.2, 0) is 11.3 Å². The fourth-order valence-electron chi connectivity index (χ4n) is 4.22. The SMILES string of the molecule is C[C@]1(Cn2c3ccccc3c3ccccc32)CCCCC(=O)C1.